The summed E-state index contributed by atoms with van der Waals surface area (Å²) in [6.45, 7) is 6.65. The Morgan fingerprint density at radius 2 is 2.12 bits per heavy atom. The van der Waals surface area contributed by atoms with Gasteiger partial charge in [0, 0.05) is 5.94 Å². The molecule has 8 heavy (non-hydrogen) atoms. The molecule has 0 aromatic rings. The molecular formula is C5H12BNO. The predicted molar refractivity (Wildman–Crippen MR) is 36.1 cm³/mol. The monoisotopic (exact) mass is 113 g/mol. The molecule has 0 heterocycles. The quantitative estimate of drug-likeness (QED) is 0.417. The Kier molecular flexibility index (Phi) is 3.32. The van der Waals surface area contributed by atoms with Gasteiger partial charge >= 0.3 is 0 Å². The highest BCUT2D eigenvalue weighted by molar-refractivity contribution is 6.57. The third-order valence-corrected chi connectivity index (χ3v) is 1.33. The van der Waals surface area contributed by atoms with Gasteiger partial charge in [0.2, 0.25) is 6.41 Å². The van der Waals surface area contributed by atoms with Crippen LogP contribution in [0, 0.1) is 0 Å². The normalized spacial score (nSPS) is 12.4. The maximum Gasteiger partial charge on any atom is 0.206 e. The molecule has 1 unspecified atom stereocenters. The van der Waals surface area contributed by atoms with Gasteiger partial charge < -0.3 is 5.32 Å². The Morgan fingerprint density at radius 3 is 2.25 bits per heavy atom. The molecule has 0 radical (unpaired) electrons. The summed E-state index contributed by atoms with van der Waals surface area (Å²) in [7, 11) is 0. The number of hydrogen-bond donors (Lipinski definition) is 1. The van der Waals surface area contributed by atoms with Crippen molar-refractivity contribution in [3.8, 4) is 0 Å². The van der Waals surface area contributed by atoms with E-state index in [1.165, 1.54) is 0 Å². The fourth-order valence-electron chi connectivity index (χ4n) is 0.300. The van der Waals surface area contributed by atoms with Gasteiger partial charge in [-0.2, -0.15) is 0 Å². The van der Waals surface area contributed by atoms with Crippen molar-refractivity contribution < 1.29 is 4.79 Å². The summed E-state index contributed by atoms with van der Waals surface area (Å²) in [5, 5.41) is 2.66. The van der Waals surface area contributed by atoms with E-state index >= 15 is 0 Å². The zero-order valence-corrected chi connectivity index (χ0v) is 5.64. The second-order valence-corrected chi connectivity index (χ2v) is 2.32. The van der Waals surface area contributed by atoms with Crippen molar-refractivity contribution in [3.05, 3.63) is 0 Å². The minimum absolute atomic E-state index is 0.299. The van der Waals surface area contributed by atoms with E-state index in [1.807, 2.05) is 6.92 Å². The maximum atomic E-state index is 9.81. The Balaban J connectivity index is 3.30. The van der Waals surface area contributed by atoms with Crippen LogP contribution in [0.5, 0.6) is 0 Å². The lowest BCUT2D eigenvalue weighted by Gasteiger charge is -2.09. The predicted octanol–water partition coefficient (Wildman–Crippen LogP) is 0.414. The fourth-order valence-corrected chi connectivity index (χ4v) is 0.300. The van der Waals surface area contributed by atoms with E-state index in [2.05, 4.69) is 19.0 Å². The molecule has 1 N–H and O–H groups in total. The van der Waals surface area contributed by atoms with E-state index in [9.17, 15) is 4.79 Å². The molecule has 0 bridgehead atoms. The second-order valence-electron chi connectivity index (χ2n) is 2.32. The first kappa shape index (κ1) is 7.53. The summed E-state index contributed by atoms with van der Waals surface area (Å²) in [6.07, 6.45) is 0.741. The molecule has 0 saturated carbocycles. The van der Waals surface area contributed by atoms with Crippen LogP contribution in [0.15, 0.2) is 0 Å². The van der Waals surface area contributed by atoms with E-state index in [4.69, 9.17) is 0 Å². The molecule has 2 nitrogen and oxygen atoms in total. The van der Waals surface area contributed by atoms with Crippen molar-refractivity contribution >= 4 is 13.1 Å². The van der Waals surface area contributed by atoms with Crippen LogP contribution in [-0.2, 0) is 4.79 Å². The molecule has 0 spiro atoms. The van der Waals surface area contributed by atoms with E-state index in [-0.39, 0.29) is 0 Å². The topological polar surface area (TPSA) is 29.1 Å². The van der Waals surface area contributed by atoms with Crippen molar-refractivity contribution in [2.45, 2.75) is 26.5 Å². The lowest BCUT2D eigenvalue weighted by molar-refractivity contribution is -0.109. The van der Waals surface area contributed by atoms with Crippen molar-refractivity contribution in [2.75, 3.05) is 0 Å². The van der Waals surface area contributed by atoms with Crippen molar-refractivity contribution in [1.82, 2.24) is 5.32 Å². The van der Waals surface area contributed by atoms with Crippen LogP contribution in [0.1, 0.15) is 6.92 Å². The lowest BCUT2D eigenvalue weighted by atomic mass is 9.49. The molecule has 0 fully saturated rings. The second kappa shape index (κ2) is 3.53. The highest BCUT2D eigenvalue weighted by Crippen LogP contribution is 1.86. The first-order valence-corrected chi connectivity index (χ1v) is 2.88. The number of hydrogen-bond acceptors (Lipinski definition) is 1. The van der Waals surface area contributed by atoms with Crippen molar-refractivity contribution in [3.63, 3.8) is 0 Å². The number of carbonyl (C=O) groups excluding carboxylic acids is 1. The van der Waals surface area contributed by atoms with E-state index in [1.54, 1.807) is 0 Å². The summed E-state index contributed by atoms with van der Waals surface area (Å²) >= 11 is 0. The van der Waals surface area contributed by atoms with Crippen LogP contribution < -0.4 is 5.32 Å². The zero-order valence-electron chi connectivity index (χ0n) is 5.64. The van der Waals surface area contributed by atoms with Crippen molar-refractivity contribution in [1.29, 1.82) is 0 Å². The Bertz CT molecular complexity index is 74.8. The summed E-state index contributed by atoms with van der Waals surface area (Å²) in [5.74, 6) is 0.299. The van der Waals surface area contributed by atoms with Gasteiger partial charge in [0.15, 0.2) is 6.71 Å². The number of nitrogens with one attached hydrogen (secondary N) is 1. The minimum atomic E-state index is 0.299. The van der Waals surface area contributed by atoms with E-state index < -0.39 is 0 Å². The number of carbonyl (C=O) groups is 1. The maximum absolute atomic E-state index is 9.81. The van der Waals surface area contributed by atoms with E-state index in [0.29, 0.717) is 12.7 Å². The highest BCUT2D eigenvalue weighted by atomic mass is 16.1. The van der Waals surface area contributed by atoms with Crippen LogP contribution in [0.3, 0.4) is 0 Å². The molecule has 0 aliphatic rings. The summed E-state index contributed by atoms with van der Waals surface area (Å²) in [5.41, 5.74) is 0. The van der Waals surface area contributed by atoms with Crippen LogP contribution in [-0.4, -0.2) is 19.1 Å². The lowest BCUT2D eigenvalue weighted by Crippen LogP contribution is -2.35. The summed E-state index contributed by atoms with van der Waals surface area (Å²) in [6, 6.07) is 0. The molecule has 0 aliphatic heterocycles. The van der Waals surface area contributed by atoms with Gasteiger partial charge in [-0.15, -0.1) is 0 Å². The molecule has 1 atom stereocenters. The molecule has 0 aromatic carbocycles. The largest absolute Gasteiger partial charge is 0.363 e. The third kappa shape index (κ3) is 2.67. The molecule has 0 rings (SSSR count). The zero-order chi connectivity index (χ0) is 6.57. The van der Waals surface area contributed by atoms with Crippen molar-refractivity contribution in [2.24, 2.45) is 0 Å². The Morgan fingerprint density at radius 1 is 1.62 bits per heavy atom. The summed E-state index contributed by atoms with van der Waals surface area (Å²) in [4.78, 5) is 9.81. The Hall–Kier alpha value is -0.465. The van der Waals surface area contributed by atoms with Gasteiger partial charge in [0.25, 0.3) is 0 Å². The number of amides is 1. The first-order valence-electron chi connectivity index (χ1n) is 2.88. The van der Waals surface area contributed by atoms with Crippen LogP contribution >= 0.6 is 0 Å². The average Bonchev–Trinajstić information content (AvgIpc) is 1.67. The minimum Gasteiger partial charge on any atom is -0.363 e. The van der Waals surface area contributed by atoms with E-state index in [0.717, 1.165) is 6.41 Å². The molecule has 46 valence electrons. The van der Waals surface area contributed by atoms with Gasteiger partial charge in [-0.3, -0.25) is 4.79 Å². The standard InChI is InChI=1S/C5H12BNO/c1-5(6(2)3)7-4-8/h4-5H,1-3H3,(H,7,8). The molecule has 0 saturated heterocycles. The molecular weight excluding hydrogens is 101 g/mol. The van der Waals surface area contributed by atoms with Gasteiger partial charge in [-0.25, -0.2) is 0 Å². The molecule has 0 aromatic heterocycles. The molecule has 1 amide bonds. The Labute approximate surface area is 50.7 Å². The first-order chi connectivity index (χ1) is 3.68. The number of rotatable bonds is 3. The molecule has 0 aliphatic carbocycles. The molecule has 3 heteroatoms. The van der Waals surface area contributed by atoms with Gasteiger partial charge in [-0.1, -0.05) is 20.6 Å². The smallest absolute Gasteiger partial charge is 0.206 e. The van der Waals surface area contributed by atoms with Gasteiger partial charge in [-0.05, 0) is 0 Å². The van der Waals surface area contributed by atoms with Crippen LogP contribution in [0.2, 0.25) is 13.6 Å². The van der Waals surface area contributed by atoms with Crippen LogP contribution in [0.25, 0.3) is 0 Å². The summed E-state index contributed by atoms with van der Waals surface area (Å²) < 4.78 is 0. The highest BCUT2D eigenvalue weighted by Gasteiger charge is 2.06. The fraction of sp³-hybridized carbons (Fsp3) is 0.800. The SMILES string of the molecule is CB(C)C(C)NC=O. The van der Waals surface area contributed by atoms with Crippen LogP contribution in [0.4, 0.5) is 0 Å². The average molecular weight is 113 g/mol. The van der Waals surface area contributed by atoms with Gasteiger partial charge in [0.1, 0.15) is 0 Å². The van der Waals surface area contributed by atoms with Gasteiger partial charge in [0.05, 0.1) is 0 Å². The third-order valence-electron chi connectivity index (χ3n) is 1.33.